The van der Waals surface area contributed by atoms with E-state index < -0.39 is 11.4 Å². The molecule has 0 saturated carbocycles. The fraction of sp³-hybridized carbons (Fsp3) is 0. The highest BCUT2D eigenvalue weighted by atomic mass is 35.5. The molecule has 0 unspecified atom stereocenters. The lowest BCUT2D eigenvalue weighted by atomic mass is 10.1. The molecule has 76 valence electrons. The molecule has 0 saturated heterocycles. The van der Waals surface area contributed by atoms with E-state index in [0.29, 0.717) is 5.56 Å². The third-order valence-corrected chi connectivity index (χ3v) is 2.26. The van der Waals surface area contributed by atoms with Crippen LogP contribution in [-0.2, 0) is 0 Å². The molecule has 0 aliphatic rings. The molecule has 0 radical (unpaired) electrons. The van der Waals surface area contributed by atoms with Crippen molar-refractivity contribution in [3.05, 3.63) is 51.5 Å². The summed E-state index contributed by atoms with van der Waals surface area (Å²) in [5.74, 6) is -1.01. The monoisotopic (exact) mass is 224 g/mol. The van der Waals surface area contributed by atoms with Gasteiger partial charge in [-0.1, -0.05) is 41.9 Å². The molecule has 2 aromatic rings. The van der Waals surface area contributed by atoms with Crippen LogP contribution in [0.4, 0.5) is 4.39 Å². The Morgan fingerprint density at radius 1 is 1.27 bits per heavy atom. The van der Waals surface area contributed by atoms with Crippen molar-refractivity contribution in [2.75, 3.05) is 0 Å². The Morgan fingerprint density at radius 3 is 2.60 bits per heavy atom. The van der Waals surface area contributed by atoms with E-state index in [-0.39, 0.29) is 10.7 Å². The molecule has 15 heavy (non-hydrogen) atoms. The van der Waals surface area contributed by atoms with Crippen LogP contribution in [-0.4, -0.2) is 10.2 Å². The van der Waals surface area contributed by atoms with Gasteiger partial charge in [-0.25, -0.2) is 5.10 Å². The fourth-order valence-electron chi connectivity index (χ4n) is 1.20. The molecule has 0 amide bonds. The number of benzene rings is 1. The fourth-order valence-corrected chi connectivity index (χ4v) is 1.43. The normalized spacial score (nSPS) is 10.3. The summed E-state index contributed by atoms with van der Waals surface area (Å²) in [6, 6.07) is 8.82. The van der Waals surface area contributed by atoms with Gasteiger partial charge in [0.15, 0.2) is 0 Å². The van der Waals surface area contributed by atoms with Crippen LogP contribution in [0.15, 0.2) is 35.1 Å². The molecule has 3 nitrogen and oxygen atoms in total. The topological polar surface area (TPSA) is 45.8 Å². The van der Waals surface area contributed by atoms with E-state index in [1.54, 1.807) is 24.3 Å². The lowest BCUT2D eigenvalue weighted by molar-refractivity contribution is 0.602. The first-order chi connectivity index (χ1) is 7.20. The Hall–Kier alpha value is -1.68. The highest BCUT2D eigenvalue weighted by molar-refractivity contribution is 6.33. The third-order valence-electron chi connectivity index (χ3n) is 1.92. The third kappa shape index (κ3) is 1.76. The van der Waals surface area contributed by atoms with Crippen molar-refractivity contribution in [3.8, 4) is 11.3 Å². The highest BCUT2D eigenvalue weighted by Crippen LogP contribution is 2.24. The Morgan fingerprint density at radius 2 is 1.93 bits per heavy atom. The summed E-state index contributed by atoms with van der Waals surface area (Å²) in [6.07, 6.45) is 0. The molecular weight excluding hydrogens is 219 g/mol. The Balaban J connectivity index is 2.65. The summed E-state index contributed by atoms with van der Waals surface area (Å²) in [5.41, 5.74) is -0.0355. The zero-order chi connectivity index (χ0) is 10.8. The average molecular weight is 225 g/mol. The van der Waals surface area contributed by atoms with Crippen molar-refractivity contribution >= 4 is 11.6 Å². The Kier molecular flexibility index (Phi) is 2.51. The molecule has 0 aliphatic heterocycles. The van der Waals surface area contributed by atoms with Gasteiger partial charge in [0.2, 0.25) is 5.82 Å². The van der Waals surface area contributed by atoms with Crippen LogP contribution in [0.5, 0.6) is 0 Å². The molecule has 1 heterocycles. The molecule has 0 fully saturated rings. The largest absolute Gasteiger partial charge is 0.301 e. The van der Waals surface area contributed by atoms with Crippen molar-refractivity contribution in [1.82, 2.24) is 10.2 Å². The van der Waals surface area contributed by atoms with E-state index in [9.17, 15) is 9.18 Å². The predicted octanol–water partition coefficient (Wildman–Crippen LogP) is 2.23. The standard InChI is InChI=1S/C10H6ClFN2O/c11-7-8(12)10(15)14-13-9(7)6-4-2-1-3-5-6/h1-5H,(H,14,15). The second-order valence-corrected chi connectivity index (χ2v) is 3.27. The van der Waals surface area contributed by atoms with E-state index in [1.165, 1.54) is 0 Å². The van der Waals surface area contributed by atoms with Crippen LogP contribution in [0.1, 0.15) is 0 Å². The van der Waals surface area contributed by atoms with Gasteiger partial charge >= 0.3 is 5.56 Å². The van der Waals surface area contributed by atoms with Gasteiger partial charge in [0.1, 0.15) is 10.7 Å². The smallest absolute Gasteiger partial charge is 0.265 e. The summed E-state index contributed by atoms with van der Waals surface area (Å²) in [7, 11) is 0. The Bertz CT molecular complexity index is 539. The number of H-pyrrole nitrogens is 1. The summed E-state index contributed by atoms with van der Waals surface area (Å²) in [4.78, 5) is 10.8. The van der Waals surface area contributed by atoms with Gasteiger partial charge in [0.05, 0.1) is 0 Å². The van der Waals surface area contributed by atoms with Gasteiger partial charge in [-0.15, -0.1) is 0 Å². The maximum absolute atomic E-state index is 13.2. The molecule has 5 heteroatoms. The molecular formula is C10H6ClFN2O. The predicted molar refractivity (Wildman–Crippen MR) is 55.3 cm³/mol. The van der Waals surface area contributed by atoms with Crippen molar-refractivity contribution in [2.45, 2.75) is 0 Å². The number of aromatic nitrogens is 2. The number of nitrogens with one attached hydrogen (secondary N) is 1. The van der Waals surface area contributed by atoms with Gasteiger partial charge in [0, 0.05) is 5.56 Å². The van der Waals surface area contributed by atoms with E-state index in [1.807, 2.05) is 11.2 Å². The highest BCUT2D eigenvalue weighted by Gasteiger charge is 2.12. The molecule has 1 aromatic heterocycles. The number of rotatable bonds is 1. The zero-order valence-corrected chi connectivity index (χ0v) is 8.25. The van der Waals surface area contributed by atoms with Crippen molar-refractivity contribution in [1.29, 1.82) is 0 Å². The van der Waals surface area contributed by atoms with Crippen LogP contribution in [0, 0.1) is 5.82 Å². The first kappa shape index (κ1) is 9.86. The quantitative estimate of drug-likeness (QED) is 0.808. The minimum absolute atomic E-state index is 0.231. The molecule has 0 spiro atoms. The molecule has 0 atom stereocenters. The van der Waals surface area contributed by atoms with E-state index >= 15 is 0 Å². The number of hydrogen-bond donors (Lipinski definition) is 1. The summed E-state index contributed by atoms with van der Waals surface area (Å²) >= 11 is 5.68. The van der Waals surface area contributed by atoms with E-state index in [0.717, 1.165) is 0 Å². The maximum atomic E-state index is 13.2. The zero-order valence-electron chi connectivity index (χ0n) is 7.50. The molecule has 2 rings (SSSR count). The van der Waals surface area contributed by atoms with Gasteiger partial charge in [0.25, 0.3) is 0 Å². The van der Waals surface area contributed by atoms with Gasteiger partial charge in [-0.3, -0.25) is 4.79 Å². The molecule has 1 aromatic carbocycles. The second kappa shape index (κ2) is 3.82. The molecule has 0 aliphatic carbocycles. The van der Waals surface area contributed by atoms with Crippen LogP contribution in [0.3, 0.4) is 0 Å². The number of hydrogen-bond acceptors (Lipinski definition) is 2. The van der Waals surface area contributed by atoms with E-state index in [2.05, 4.69) is 5.10 Å². The van der Waals surface area contributed by atoms with Crippen LogP contribution < -0.4 is 5.56 Å². The second-order valence-electron chi connectivity index (χ2n) is 2.90. The molecule has 0 bridgehead atoms. The minimum atomic E-state index is -1.01. The number of aromatic amines is 1. The van der Waals surface area contributed by atoms with E-state index in [4.69, 9.17) is 11.6 Å². The first-order valence-corrected chi connectivity index (χ1v) is 4.57. The van der Waals surface area contributed by atoms with Crippen LogP contribution >= 0.6 is 11.6 Å². The number of halogens is 2. The average Bonchev–Trinajstić information content (AvgIpc) is 2.27. The van der Waals surface area contributed by atoms with Gasteiger partial charge in [-0.05, 0) is 0 Å². The number of nitrogens with zero attached hydrogens (tertiary/aromatic N) is 1. The van der Waals surface area contributed by atoms with Crippen LogP contribution in [0.2, 0.25) is 5.02 Å². The lowest BCUT2D eigenvalue weighted by Crippen LogP contribution is -2.13. The van der Waals surface area contributed by atoms with Gasteiger partial charge in [-0.2, -0.15) is 9.49 Å². The van der Waals surface area contributed by atoms with Crippen molar-refractivity contribution in [2.24, 2.45) is 0 Å². The SMILES string of the molecule is O=c1[nH]nc(-c2ccccc2)c(Cl)c1F. The summed E-state index contributed by atoms with van der Waals surface area (Å²) in [5, 5.41) is 5.48. The van der Waals surface area contributed by atoms with Gasteiger partial charge < -0.3 is 0 Å². The first-order valence-electron chi connectivity index (χ1n) is 4.19. The minimum Gasteiger partial charge on any atom is -0.265 e. The summed E-state index contributed by atoms with van der Waals surface area (Å²) < 4.78 is 13.2. The lowest BCUT2D eigenvalue weighted by Gasteiger charge is -2.02. The Labute approximate surface area is 89.5 Å². The van der Waals surface area contributed by atoms with Crippen molar-refractivity contribution < 1.29 is 4.39 Å². The summed E-state index contributed by atoms with van der Waals surface area (Å²) in [6.45, 7) is 0. The van der Waals surface area contributed by atoms with Crippen LogP contribution in [0.25, 0.3) is 11.3 Å². The molecule has 1 N–H and O–H groups in total. The van der Waals surface area contributed by atoms with Crippen molar-refractivity contribution in [3.63, 3.8) is 0 Å². The maximum Gasteiger partial charge on any atom is 0.301 e.